The summed E-state index contributed by atoms with van der Waals surface area (Å²) >= 11 is 1.54. The Balaban J connectivity index is 1.54. The van der Waals surface area contributed by atoms with E-state index >= 15 is 0 Å². The second kappa shape index (κ2) is 11.8. The lowest BCUT2D eigenvalue weighted by Gasteiger charge is -2.19. The quantitative estimate of drug-likeness (QED) is 0.254. The first-order chi connectivity index (χ1) is 17.3. The molecular formula is C28H28F3NO3S. The van der Waals surface area contributed by atoms with Gasteiger partial charge in [0.25, 0.3) is 5.91 Å². The van der Waals surface area contributed by atoms with Crippen molar-refractivity contribution in [1.82, 2.24) is 5.32 Å². The second-order valence-electron chi connectivity index (χ2n) is 8.59. The minimum Gasteiger partial charge on any atom is -0.492 e. The zero-order chi connectivity index (χ0) is 25.5. The Bertz CT molecular complexity index is 1260. The molecule has 4 rings (SSSR count). The van der Waals surface area contributed by atoms with Gasteiger partial charge in [-0.15, -0.1) is 11.3 Å². The van der Waals surface area contributed by atoms with Crippen LogP contribution in [0.4, 0.5) is 13.2 Å². The number of rotatable bonds is 8. The number of methoxy groups -OCH3 is 1. The van der Waals surface area contributed by atoms with E-state index < -0.39 is 12.1 Å². The van der Waals surface area contributed by atoms with E-state index in [4.69, 9.17) is 9.47 Å². The average molecular weight is 516 g/mol. The molecule has 1 heterocycles. The van der Waals surface area contributed by atoms with Crippen molar-refractivity contribution >= 4 is 27.3 Å². The van der Waals surface area contributed by atoms with E-state index in [-0.39, 0.29) is 18.9 Å². The van der Waals surface area contributed by atoms with E-state index in [1.807, 2.05) is 48.5 Å². The van der Waals surface area contributed by atoms with Crippen molar-refractivity contribution in [3.05, 3.63) is 83.0 Å². The fraction of sp³-hybridized carbons (Fsp3) is 0.321. The first kappa shape index (κ1) is 26.0. The molecule has 1 aliphatic carbocycles. The summed E-state index contributed by atoms with van der Waals surface area (Å²) in [6.07, 6.45) is 1.38. The number of halogens is 3. The molecule has 1 atom stereocenters. The standard InChI is InChI=1S/C28H28F3NO3S/c1-34-14-13-32-27(33)21-9-5-7-19(15-21)25-12-6-8-20-16-24(36-26(20)25)18-35-23-11-4-2-3-10-22(17-23)28(29,30)31/h2,4-9,12,15-17,22H,3,10-11,13-14,18H2,1H3,(H,32,33)/b4-2-,23-17+. The van der Waals surface area contributed by atoms with Crippen molar-refractivity contribution < 1.29 is 27.4 Å². The summed E-state index contributed by atoms with van der Waals surface area (Å²) in [6, 6.07) is 15.4. The Hall–Kier alpha value is -3.10. The molecule has 0 fully saturated rings. The zero-order valence-electron chi connectivity index (χ0n) is 19.9. The summed E-state index contributed by atoms with van der Waals surface area (Å²) in [5.74, 6) is -1.32. The van der Waals surface area contributed by atoms with Crippen LogP contribution in [-0.2, 0) is 16.1 Å². The van der Waals surface area contributed by atoms with Gasteiger partial charge in [-0.05, 0) is 53.6 Å². The van der Waals surface area contributed by atoms with E-state index in [1.165, 1.54) is 6.08 Å². The van der Waals surface area contributed by atoms with Crippen LogP contribution in [0.3, 0.4) is 0 Å². The highest BCUT2D eigenvalue weighted by molar-refractivity contribution is 7.19. The molecule has 0 aliphatic heterocycles. The fourth-order valence-electron chi connectivity index (χ4n) is 4.11. The molecule has 1 aliphatic rings. The molecule has 8 heteroatoms. The molecule has 190 valence electrons. The van der Waals surface area contributed by atoms with Crippen molar-refractivity contribution in [2.24, 2.45) is 5.92 Å². The number of carbonyl (C=O) groups is 1. The van der Waals surface area contributed by atoms with E-state index in [2.05, 4.69) is 5.32 Å². The largest absolute Gasteiger partial charge is 0.492 e. The summed E-state index contributed by atoms with van der Waals surface area (Å²) in [7, 11) is 1.58. The summed E-state index contributed by atoms with van der Waals surface area (Å²) in [4.78, 5) is 13.4. The Kier molecular flexibility index (Phi) is 8.48. The molecule has 2 aromatic carbocycles. The number of carbonyl (C=O) groups excluding carboxylic acids is 1. The van der Waals surface area contributed by atoms with Crippen LogP contribution >= 0.6 is 11.3 Å². The maximum absolute atomic E-state index is 13.3. The number of ether oxygens (including phenoxy) is 2. The SMILES string of the molecule is COCCNC(=O)c1cccc(-c2cccc3cc(CO/C4=C/C(C(F)(F)F)CC/C=C\C4)sc23)c1. The molecule has 0 bridgehead atoms. The van der Waals surface area contributed by atoms with Gasteiger partial charge in [-0.25, -0.2) is 0 Å². The van der Waals surface area contributed by atoms with Crippen LogP contribution in [0.2, 0.25) is 0 Å². The minimum atomic E-state index is -4.28. The Morgan fingerprint density at radius 2 is 1.97 bits per heavy atom. The second-order valence-corrected chi connectivity index (χ2v) is 9.73. The van der Waals surface area contributed by atoms with Crippen LogP contribution < -0.4 is 5.32 Å². The number of allylic oxidation sites excluding steroid dienone is 3. The number of fused-ring (bicyclic) bond motifs is 1. The third-order valence-corrected chi connectivity index (χ3v) is 7.12. The van der Waals surface area contributed by atoms with E-state index in [0.29, 0.717) is 37.3 Å². The van der Waals surface area contributed by atoms with Gasteiger partial charge >= 0.3 is 6.18 Å². The van der Waals surface area contributed by atoms with Gasteiger partial charge in [0.15, 0.2) is 0 Å². The molecule has 1 N–H and O–H groups in total. The number of amides is 1. The summed E-state index contributed by atoms with van der Waals surface area (Å²) < 4.78 is 51.9. The lowest BCUT2D eigenvalue weighted by molar-refractivity contribution is -0.163. The van der Waals surface area contributed by atoms with Gasteiger partial charge in [-0.3, -0.25) is 4.79 Å². The van der Waals surface area contributed by atoms with Crippen molar-refractivity contribution in [3.8, 4) is 11.1 Å². The van der Waals surface area contributed by atoms with Crippen LogP contribution in [0.25, 0.3) is 21.2 Å². The van der Waals surface area contributed by atoms with E-state index in [1.54, 1.807) is 30.6 Å². The molecule has 1 amide bonds. The molecule has 36 heavy (non-hydrogen) atoms. The fourth-order valence-corrected chi connectivity index (χ4v) is 5.22. The molecule has 1 unspecified atom stereocenters. The first-order valence-electron chi connectivity index (χ1n) is 11.8. The Labute approximate surface area is 212 Å². The molecule has 0 spiro atoms. The van der Waals surface area contributed by atoms with Gasteiger partial charge in [0.1, 0.15) is 6.61 Å². The van der Waals surface area contributed by atoms with Gasteiger partial charge in [0.05, 0.1) is 18.3 Å². The molecule has 4 nitrogen and oxygen atoms in total. The lowest BCUT2D eigenvalue weighted by Crippen LogP contribution is -2.26. The number of hydrogen-bond acceptors (Lipinski definition) is 4. The van der Waals surface area contributed by atoms with Gasteiger partial charge in [-0.1, -0.05) is 42.5 Å². The zero-order valence-corrected chi connectivity index (χ0v) is 20.8. The molecular weight excluding hydrogens is 487 g/mol. The highest BCUT2D eigenvalue weighted by Crippen LogP contribution is 2.37. The monoisotopic (exact) mass is 515 g/mol. The van der Waals surface area contributed by atoms with Crippen LogP contribution in [0.15, 0.2) is 72.5 Å². The van der Waals surface area contributed by atoms with Gasteiger partial charge < -0.3 is 14.8 Å². The number of benzene rings is 2. The van der Waals surface area contributed by atoms with Crippen LogP contribution in [0.5, 0.6) is 0 Å². The number of hydrogen-bond donors (Lipinski definition) is 1. The van der Waals surface area contributed by atoms with Crippen LogP contribution in [0, 0.1) is 5.92 Å². The van der Waals surface area contributed by atoms with Crippen molar-refractivity contribution in [2.45, 2.75) is 32.0 Å². The average Bonchev–Trinajstić information content (AvgIpc) is 3.26. The maximum atomic E-state index is 13.3. The maximum Gasteiger partial charge on any atom is 0.395 e. The highest BCUT2D eigenvalue weighted by Gasteiger charge is 2.38. The molecule has 1 aromatic heterocycles. The minimum absolute atomic E-state index is 0.0303. The molecule has 0 saturated heterocycles. The summed E-state index contributed by atoms with van der Waals surface area (Å²) in [6.45, 7) is 1.07. The number of thiophene rings is 1. The Morgan fingerprint density at radius 1 is 1.14 bits per heavy atom. The van der Waals surface area contributed by atoms with Gasteiger partial charge in [0, 0.05) is 35.2 Å². The van der Waals surface area contributed by atoms with Crippen molar-refractivity contribution in [2.75, 3.05) is 20.3 Å². The predicted octanol–water partition coefficient (Wildman–Crippen LogP) is 7.26. The number of nitrogens with one attached hydrogen (secondary N) is 1. The Morgan fingerprint density at radius 3 is 2.78 bits per heavy atom. The molecule has 0 radical (unpaired) electrons. The van der Waals surface area contributed by atoms with Gasteiger partial charge in [-0.2, -0.15) is 13.2 Å². The first-order valence-corrected chi connectivity index (χ1v) is 12.6. The van der Waals surface area contributed by atoms with E-state index in [0.717, 1.165) is 26.1 Å². The summed E-state index contributed by atoms with van der Waals surface area (Å²) in [5.41, 5.74) is 2.46. The topological polar surface area (TPSA) is 47.6 Å². The van der Waals surface area contributed by atoms with Crippen molar-refractivity contribution in [3.63, 3.8) is 0 Å². The van der Waals surface area contributed by atoms with Crippen LogP contribution in [-0.4, -0.2) is 32.3 Å². The molecule has 0 saturated carbocycles. The third kappa shape index (κ3) is 6.56. The normalized spacial score (nSPS) is 18.7. The predicted molar refractivity (Wildman–Crippen MR) is 137 cm³/mol. The van der Waals surface area contributed by atoms with Crippen molar-refractivity contribution in [1.29, 1.82) is 0 Å². The highest BCUT2D eigenvalue weighted by atomic mass is 32.1. The van der Waals surface area contributed by atoms with E-state index in [9.17, 15) is 18.0 Å². The van der Waals surface area contributed by atoms with Gasteiger partial charge in [0.2, 0.25) is 0 Å². The summed E-state index contributed by atoms with van der Waals surface area (Å²) in [5, 5.41) is 3.85. The third-order valence-electron chi connectivity index (χ3n) is 5.96. The van der Waals surface area contributed by atoms with Crippen LogP contribution in [0.1, 0.15) is 34.5 Å². The molecule has 3 aromatic rings. The lowest BCUT2D eigenvalue weighted by atomic mass is 9.98. The smallest absolute Gasteiger partial charge is 0.395 e. The number of alkyl halides is 3.